The number of hydrogen-bond donors (Lipinski definition) is 2. The number of carbonyl (C=O) groups is 1. The molecule has 0 unspecified atom stereocenters. The van der Waals surface area contributed by atoms with E-state index < -0.39 is 0 Å². The van der Waals surface area contributed by atoms with Crippen LogP contribution in [0.25, 0.3) is 0 Å². The number of benzene rings is 2. The Morgan fingerprint density at radius 3 is 2.26 bits per heavy atom. The first-order valence-corrected chi connectivity index (χ1v) is 13.7. The van der Waals surface area contributed by atoms with Crippen LogP contribution in [0.2, 0.25) is 15.1 Å². The number of nitrogens with two attached hydrogens (primary N) is 1. The Morgan fingerprint density at radius 1 is 0.971 bits per heavy atom. The van der Waals surface area contributed by atoms with Gasteiger partial charge in [-0.05, 0) is 93.4 Å². The number of nitrogens with one attached hydrogen (secondary N) is 1. The molecule has 2 saturated heterocycles. The van der Waals surface area contributed by atoms with Crippen molar-refractivity contribution in [2.45, 2.75) is 45.1 Å². The SMILES string of the molecule is C[C@@H](Nc1cc(N2CCC(C3CCN(CCC(N)=O)CC3)CC2)ccc1Cl)c1ccc(Cl)cc1Cl. The minimum Gasteiger partial charge on any atom is -0.377 e. The first-order valence-electron chi connectivity index (χ1n) is 12.6. The highest BCUT2D eigenvalue weighted by molar-refractivity contribution is 6.35. The molecule has 2 aromatic rings. The molecule has 4 rings (SSSR count). The number of rotatable bonds is 8. The lowest BCUT2D eigenvalue weighted by Gasteiger charge is -2.41. The number of likely N-dealkylation sites (tertiary alicyclic amines) is 1. The van der Waals surface area contributed by atoms with Crippen molar-refractivity contribution in [3.63, 3.8) is 0 Å². The number of carbonyl (C=O) groups excluding carboxylic acids is 1. The van der Waals surface area contributed by atoms with Crippen LogP contribution < -0.4 is 16.0 Å². The molecule has 2 fully saturated rings. The van der Waals surface area contributed by atoms with Gasteiger partial charge in [-0.25, -0.2) is 0 Å². The molecule has 2 aliphatic rings. The van der Waals surface area contributed by atoms with Crippen molar-refractivity contribution >= 4 is 52.1 Å². The van der Waals surface area contributed by atoms with Crippen molar-refractivity contribution in [1.29, 1.82) is 0 Å². The van der Waals surface area contributed by atoms with Crippen molar-refractivity contribution in [2.24, 2.45) is 17.6 Å². The van der Waals surface area contributed by atoms with Gasteiger partial charge in [0.15, 0.2) is 0 Å². The van der Waals surface area contributed by atoms with E-state index >= 15 is 0 Å². The van der Waals surface area contributed by atoms with Crippen molar-refractivity contribution in [2.75, 3.05) is 42.9 Å². The Labute approximate surface area is 223 Å². The second-order valence-corrected chi connectivity index (χ2v) is 11.2. The van der Waals surface area contributed by atoms with Gasteiger partial charge in [0.1, 0.15) is 0 Å². The van der Waals surface area contributed by atoms with E-state index in [9.17, 15) is 4.79 Å². The van der Waals surface area contributed by atoms with Crippen LogP contribution in [0.5, 0.6) is 0 Å². The molecule has 2 heterocycles. The summed E-state index contributed by atoms with van der Waals surface area (Å²) in [6, 6.07) is 11.8. The number of nitrogens with zero attached hydrogens (tertiary/aromatic N) is 2. The fourth-order valence-corrected chi connectivity index (χ4v) is 6.27. The molecule has 35 heavy (non-hydrogen) atoms. The summed E-state index contributed by atoms with van der Waals surface area (Å²) >= 11 is 19.0. The summed E-state index contributed by atoms with van der Waals surface area (Å²) in [4.78, 5) is 15.9. The number of primary amides is 1. The van der Waals surface area contributed by atoms with Gasteiger partial charge in [-0.2, -0.15) is 0 Å². The predicted octanol–water partition coefficient (Wildman–Crippen LogP) is 6.62. The van der Waals surface area contributed by atoms with Crippen LogP contribution in [-0.2, 0) is 4.79 Å². The zero-order chi connectivity index (χ0) is 24.9. The molecule has 8 heteroatoms. The third-order valence-electron chi connectivity index (χ3n) is 7.63. The molecular weight excluding hydrogens is 503 g/mol. The Hall–Kier alpha value is -1.66. The Bertz CT molecular complexity index is 1020. The van der Waals surface area contributed by atoms with Crippen molar-refractivity contribution in [3.05, 3.63) is 57.0 Å². The number of piperidine rings is 2. The topological polar surface area (TPSA) is 61.6 Å². The smallest absolute Gasteiger partial charge is 0.218 e. The van der Waals surface area contributed by atoms with Crippen LogP contribution in [0.3, 0.4) is 0 Å². The van der Waals surface area contributed by atoms with Gasteiger partial charge < -0.3 is 20.9 Å². The maximum Gasteiger partial charge on any atom is 0.218 e. The Kier molecular flexibility index (Phi) is 9.09. The monoisotopic (exact) mass is 536 g/mol. The lowest BCUT2D eigenvalue weighted by atomic mass is 9.78. The summed E-state index contributed by atoms with van der Waals surface area (Å²) in [5.41, 5.74) is 8.40. The third kappa shape index (κ3) is 6.97. The normalized spacial score (nSPS) is 19.0. The van der Waals surface area contributed by atoms with Crippen LogP contribution in [0.1, 0.15) is 50.6 Å². The molecule has 5 nitrogen and oxygen atoms in total. The zero-order valence-corrected chi connectivity index (χ0v) is 22.5. The molecule has 0 radical (unpaired) electrons. The van der Waals surface area contributed by atoms with Gasteiger partial charge in [0, 0.05) is 41.8 Å². The summed E-state index contributed by atoms with van der Waals surface area (Å²) < 4.78 is 0. The highest BCUT2D eigenvalue weighted by atomic mass is 35.5. The van der Waals surface area contributed by atoms with E-state index in [-0.39, 0.29) is 11.9 Å². The maximum absolute atomic E-state index is 11.1. The third-order valence-corrected chi connectivity index (χ3v) is 8.52. The molecule has 0 bridgehead atoms. The second kappa shape index (κ2) is 12.1. The van der Waals surface area contributed by atoms with Crippen molar-refractivity contribution in [1.82, 2.24) is 4.90 Å². The fraction of sp³-hybridized carbons (Fsp3) is 0.519. The Balaban J connectivity index is 1.31. The summed E-state index contributed by atoms with van der Waals surface area (Å²) in [5, 5.41) is 5.50. The molecule has 1 amide bonds. The van der Waals surface area contributed by atoms with Crippen LogP contribution in [0.15, 0.2) is 36.4 Å². The van der Waals surface area contributed by atoms with E-state index in [1.807, 2.05) is 18.2 Å². The molecule has 3 N–H and O–H groups in total. The quantitative estimate of drug-likeness (QED) is 0.397. The van der Waals surface area contributed by atoms with E-state index in [2.05, 4.69) is 34.2 Å². The van der Waals surface area contributed by atoms with Gasteiger partial charge in [-0.3, -0.25) is 4.79 Å². The molecule has 0 saturated carbocycles. The molecular formula is C27H35Cl3N4O. The molecule has 2 aliphatic heterocycles. The van der Waals surface area contributed by atoms with Crippen LogP contribution in [0, 0.1) is 11.8 Å². The van der Waals surface area contributed by atoms with E-state index in [1.165, 1.54) is 31.4 Å². The second-order valence-electron chi connectivity index (χ2n) is 9.92. The molecule has 2 aromatic carbocycles. The number of halogens is 3. The maximum atomic E-state index is 11.1. The van der Waals surface area contributed by atoms with Gasteiger partial charge in [0.2, 0.25) is 5.91 Å². The van der Waals surface area contributed by atoms with E-state index in [1.54, 1.807) is 6.07 Å². The number of anilines is 2. The number of amides is 1. The fourth-order valence-electron chi connectivity index (χ4n) is 5.53. The molecule has 190 valence electrons. The van der Waals surface area contributed by atoms with E-state index in [0.717, 1.165) is 55.8 Å². The lowest BCUT2D eigenvalue weighted by molar-refractivity contribution is -0.118. The van der Waals surface area contributed by atoms with Crippen LogP contribution >= 0.6 is 34.8 Å². The van der Waals surface area contributed by atoms with Gasteiger partial charge in [0.25, 0.3) is 0 Å². The average Bonchev–Trinajstić information content (AvgIpc) is 2.84. The van der Waals surface area contributed by atoms with Crippen LogP contribution in [-0.4, -0.2) is 43.5 Å². The van der Waals surface area contributed by atoms with Gasteiger partial charge in [-0.15, -0.1) is 0 Å². The highest BCUT2D eigenvalue weighted by Gasteiger charge is 2.30. The van der Waals surface area contributed by atoms with Gasteiger partial charge in [-0.1, -0.05) is 40.9 Å². The van der Waals surface area contributed by atoms with Gasteiger partial charge in [0.05, 0.1) is 16.8 Å². The summed E-state index contributed by atoms with van der Waals surface area (Å²) in [5.74, 6) is 1.36. The molecule has 1 atom stereocenters. The number of hydrogen-bond acceptors (Lipinski definition) is 4. The standard InChI is InChI=1S/C27H35Cl3N4O/c1-18(23-4-2-21(28)16-25(23)30)32-26-17-22(3-5-24(26)29)34-14-8-20(9-15-34)19-6-11-33(12-7-19)13-10-27(31)35/h2-5,16-20,32H,6-15H2,1H3,(H2,31,35)/t18-/m1/s1. The lowest BCUT2D eigenvalue weighted by Crippen LogP contribution is -2.41. The van der Waals surface area contributed by atoms with Crippen molar-refractivity contribution < 1.29 is 4.79 Å². The molecule has 0 spiro atoms. The minimum absolute atomic E-state index is 0.00732. The average molecular weight is 538 g/mol. The van der Waals surface area contributed by atoms with E-state index in [0.29, 0.717) is 21.5 Å². The highest BCUT2D eigenvalue weighted by Crippen LogP contribution is 2.37. The van der Waals surface area contributed by atoms with Gasteiger partial charge >= 0.3 is 0 Å². The molecule has 0 aromatic heterocycles. The zero-order valence-electron chi connectivity index (χ0n) is 20.3. The Morgan fingerprint density at radius 2 is 1.63 bits per heavy atom. The van der Waals surface area contributed by atoms with Crippen LogP contribution in [0.4, 0.5) is 11.4 Å². The molecule has 0 aliphatic carbocycles. The minimum atomic E-state index is -0.205. The predicted molar refractivity (Wildman–Crippen MR) is 148 cm³/mol. The first kappa shape index (κ1) is 26.4. The largest absolute Gasteiger partial charge is 0.377 e. The summed E-state index contributed by atoms with van der Waals surface area (Å²) in [6.45, 7) is 7.16. The van der Waals surface area contributed by atoms with E-state index in [4.69, 9.17) is 40.5 Å². The summed E-state index contributed by atoms with van der Waals surface area (Å²) in [7, 11) is 0. The summed E-state index contributed by atoms with van der Waals surface area (Å²) in [6.07, 6.45) is 5.35. The first-order chi connectivity index (χ1) is 16.8. The van der Waals surface area contributed by atoms with Crippen molar-refractivity contribution in [3.8, 4) is 0 Å².